The van der Waals surface area contributed by atoms with Gasteiger partial charge in [0, 0.05) is 17.9 Å². The minimum absolute atomic E-state index is 0.0868. The zero-order chi connectivity index (χ0) is 27.5. The van der Waals surface area contributed by atoms with E-state index in [9.17, 15) is 20.1 Å². The van der Waals surface area contributed by atoms with Gasteiger partial charge in [0.2, 0.25) is 0 Å². The Morgan fingerprint density at radius 3 is 2.58 bits per heavy atom. The van der Waals surface area contributed by atoms with Crippen molar-refractivity contribution in [2.45, 2.75) is 123 Å². The van der Waals surface area contributed by atoms with Crippen LogP contribution in [0.3, 0.4) is 0 Å². The Morgan fingerprint density at radius 2 is 1.82 bits per heavy atom. The SMILES string of the molecule is C[C@H](CCC(=O)OCCCCCCN=[N+]=[N-])[C@H]1CC[C@H]2[C@@H]3[C@H](O)C[C@@H]4C[C@H](O)CC[C@]4(C)[C@H]3C[C@H](O)[C@]12C. The van der Waals surface area contributed by atoms with E-state index in [1.807, 2.05) is 0 Å². The minimum Gasteiger partial charge on any atom is -0.466 e. The van der Waals surface area contributed by atoms with Crippen LogP contribution in [0, 0.1) is 46.3 Å². The quantitative estimate of drug-likeness (QED) is 0.102. The number of rotatable bonds is 11. The molecular weight excluding hydrogens is 482 g/mol. The maximum Gasteiger partial charge on any atom is 0.305 e. The number of aliphatic hydroxyl groups is 3. The molecule has 4 saturated carbocycles. The predicted octanol–water partition coefficient (Wildman–Crippen LogP) is 5.78. The first-order chi connectivity index (χ1) is 18.1. The lowest BCUT2D eigenvalue weighted by atomic mass is 9.43. The van der Waals surface area contributed by atoms with Crippen molar-refractivity contribution in [3.8, 4) is 0 Å². The van der Waals surface area contributed by atoms with Crippen LogP contribution in [0.5, 0.6) is 0 Å². The molecule has 0 aromatic heterocycles. The summed E-state index contributed by atoms with van der Waals surface area (Å²) >= 11 is 0. The van der Waals surface area contributed by atoms with E-state index in [-0.39, 0.29) is 34.9 Å². The van der Waals surface area contributed by atoms with Crippen LogP contribution in [0.2, 0.25) is 0 Å². The maximum absolute atomic E-state index is 12.4. The molecule has 0 saturated heterocycles. The molecule has 38 heavy (non-hydrogen) atoms. The molecule has 0 heterocycles. The molecule has 11 atom stereocenters. The van der Waals surface area contributed by atoms with E-state index < -0.39 is 6.10 Å². The van der Waals surface area contributed by atoms with Gasteiger partial charge in [-0.05, 0) is 116 Å². The molecule has 0 radical (unpaired) electrons. The van der Waals surface area contributed by atoms with Gasteiger partial charge in [-0.2, -0.15) is 0 Å². The number of esters is 1. The van der Waals surface area contributed by atoms with Gasteiger partial charge in [-0.15, -0.1) is 0 Å². The standard InChI is InChI=1S/C30H51N3O5/c1-19(8-11-27(37)38-15-7-5-4-6-14-32-33-31)22-9-10-23-28-24(18-26(36)30(22,23)3)29(2)13-12-21(34)16-20(29)17-25(28)35/h19-26,28,34-36H,4-18H2,1-3H3/t19-,20+,21-,22-,23+,24+,25-,26+,28+,29+,30-/m1/s1. The third kappa shape index (κ3) is 5.75. The summed E-state index contributed by atoms with van der Waals surface area (Å²) in [7, 11) is 0. The summed E-state index contributed by atoms with van der Waals surface area (Å²) in [5.41, 5.74) is 8.14. The fourth-order valence-corrected chi connectivity index (χ4v) is 9.62. The Bertz CT molecular complexity index is 865. The molecule has 4 fully saturated rings. The maximum atomic E-state index is 12.4. The first kappa shape index (κ1) is 29.6. The summed E-state index contributed by atoms with van der Waals surface area (Å²) in [6.45, 7) is 7.82. The van der Waals surface area contributed by atoms with E-state index in [1.54, 1.807) is 0 Å². The Morgan fingerprint density at radius 1 is 1.05 bits per heavy atom. The fraction of sp³-hybridized carbons (Fsp3) is 0.967. The molecule has 4 rings (SSSR count). The highest BCUT2D eigenvalue weighted by molar-refractivity contribution is 5.69. The molecule has 0 aromatic rings. The van der Waals surface area contributed by atoms with Gasteiger partial charge in [0.1, 0.15) is 0 Å². The van der Waals surface area contributed by atoms with Crippen LogP contribution >= 0.6 is 0 Å². The van der Waals surface area contributed by atoms with E-state index in [0.29, 0.717) is 49.2 Å². The van der Waals surface area contributed by atoms with Crippen molar-refractivity contribution >= 4 is 5.97 Å². The minimum atomic E-state index is -0.399. The lowest BCUT2D eigenvalue weighted by molar-refractivity contribution is -0.207. The number of azide groups is 1. The highest BCUT2D eigenvalue weighted by Crippen LogP contribution is 2.68. The molecule has 8 nitrogen and oxygen atoms in total. The molecule has 0 spiro atoms. The molecule has 3 N–H and O–H groups in total. The van der Waals surface area contributed by atoms with Crippen molar-refractivity contribution in [2.75, 3.05) is 13.2 Å². The van der Waals surface area contributed by atoms with Gasteiger partial charge in [-0.1, -0.05) is 38.7 Å². The molecule has 4 aliphatic rings. The Labute approximate surface area is 228 Å². The number of hydrogen-bond acceptors (Lipinski definition) is 6. The number of carbonyl (C=O) groups is 1. The molecule has 8 heteroatoms. The summed E-state index contributed by atoms with van der Waals surface area (Å²) in [5.74, 6) is 1.65. The van der Waals surface area contributed by atoms with Crippen molar-refractivity contribution in [3.05, 3.63) is 10.4 Å². The highest BCUT2D eigenvalue weighted by atomic mass is 16.5. The molecule has 0 aromatic carbocycles. The van der Waals surface area contributed by atoms with E-state index in [2.05, 4.69) is 30.8 Å². The van der Waals surface area contributed by atoms with Crippen LogP contribution in [0.15, 0.2) is 5.11 Å². The zero-order valence-corrected chi connectivity index (χ0v) is 23.8. The van der Waals surface area contributed by atoms with Crippen LogP contribution in [0.4, 0.5) is 0 Å². The molecule has 0 unspecified atom stereocenters. The number of nitrogens with zero attached hydrogens (tertiary/aromatic N) is 3. The van der Waals surface area contributed by atoms with E-state index in [4.69, 9.17) is 10.3 Å². The predicted molar refractivity (Wildman–Crippen MR) is 146 cm³/mol. The second kappa shape index (κ2) is 12.4. The van der Waals surface area contributed by atoms with Crippen molar-refractivity contribution in [2.24, 2.45) is 51.5 Å². The normalized spacial score (nSPS) is 42.8. The summed E-state index contributed by atoms with van der Waals surface area (Å²) in [6.07, 6.45) is 9.97. The van der Waals surface area contributed by atoms with Crippen molar-refractivity contribution in [1.29, 1.82) is 0 Å². The van der Waals surface area contributed by atoms with E-state index in [1.165, 1.54) is 0 Å². The lowest BCUT2D eigenvalue weighted by Gasteiger charge is -2.63. The van der Waals surface area contributed by atoms with Crippen molar-refractivity contribution < 1.29 is 24.9 Å². The molecular formula is C30H51N3O5. The van der Waals surface area contributed by atoms with Gasteiger partial charge in [0.25, 0.3) is 0 Å². The highest BCUT2D eigenvalue weighted by Gasteiger charge is 2.65. The first-order valence-electron chi connectivity index (χ1n) is 15.3. The summed E-state index contributed by atoms with van der Waals surface area (Å²) in [4.78, 5) is 15.2. The Balaban J connectivity index is 1.30. The zero-order valence-electron chi connectivity index (χ0n) is 23.8. The third-order valence-electron chi connectivity index (χ3n) is 11.8. The largest absolute Gasteiger partial charge is 0.466 e. The Hall–Kier alpha value is -1.34. The van der Waals surface area contributed by atoms with Gasteiger partial charge >= 0.3 is 5.97 Å². The van der Waals surface area contributed by atoms with Crippen LogP contribution in [0.1, 0.15) is 104 Å². The number of hydrogen-bond donors (Lipinski definition) is 3. The number of unbranched alkanes of at least 4 members (excludes halogenated alkanes) is 3. The fourth-order valence-electron chi connectivity index (χ4n) is 9.62. The number of fused-ring (bicyclic) bond motifs is 5. The van der Waals surface area contributed by atoms with Gasteiger partial charge in [0.15, 0.2) is 0 Å². The first-order valence-corrected chi connectivity index (χ1v) is 15.3. The van der Waals surface area contributed by atoms with Crippen LogP contribution in [0.25, 0.3) is 10.4 Å². The van der Waals surface area contributed by atoms with Gasteiger partial charge in [-0.25, -0.2) is 0 Å². The number of aliphatic hydroxyl groups excluding tert-OH is 3. The molecule has 0 bridgehead atoms. The van der Waals surface area contributed by atoms with Crippen molar-refractivity contribution in [1.82, 2.24) is 0 Å². The summed E-state index contributed by atoms with van der Waals surface area (Å²) < 4.78 is 5.47. The number of ether oxygens (including phenoxy) is 1. The second-order valence-electron chi connectivity index (χ2n) is 13.6. The number of carbonyl (C=O) groups excluding carboxylic acids is 1. The second-order valence-corrected chi connectivity index (χ2v) is 13.6. The lowest BCUT2D eigenvalue weighted by Crippen LogP contribution is -2.62. The van der Waals surface area contributed by atoms with Gasteiger partial charge in [0.05, 0.1) is 24.9 Å². The average molecular weight is 534 g/mol. The molecule has 216 valence electrons. The van der Waals surface area contributed by atoms with Crippen LogP contribution in [-0.4, -0.2) is 52.8 Å². The summed E-state index contributed by atoms with van der Waals surface area (Å²) in [5, 5.41) is 37.0. The van der Waals surface area contributed by atoms with Gasteiger partial charge in [-0.3, -0.25) is 4.79 Å². The topological polar surface area (TPSA) is 136 Å². The molecule has 4 aliphatic carbocycles. The van der Waals surface area contributed by atoms with Crippen LogP contribution in [-0.2, 0) is 9.53 Å². The monoisotopic (exact) mass is 533 g/mol. The van der Waals surface area contributed by atoms with E-state index >= 15 is 0 Å². The molecule has 0 amide bonds. The van der Waals surface area contributed by atoms with Gasteiger partial charge < -0.3 is 20.1 Å². The van der Waals surface area contributed by atoms with Crippen molar-refractivity contribution in [3.63, 3.8) is 0 Å². The van der Waals surface area contributed by atoms with Crippen LogP contribution < -0.4 is 0 Å². The van der Waals surface area contributed by atoms with E-state index in [0.717, 1.165) is 77.0 Å². The molecule has 0 aliphatic heterocycles. The average Bonchev–Trinajstić information content (AvgIpc) is 3.24. The smallest absolute Gasteiger partial charge is 0.305 e. The summed E-state index contributed by atoms with van der Waals surface area (Å²) in [6, 6.07) is 0. The Kier molecular flexibility index (Phi) is 9.71. The third-order valence-corrected chi connectivity index (χ3v) is 11.8.